The first-order valence-electron chi connectivity index (χ1n) is 5.53. The Balaban J connectivity index is 2.38. The van der Waals surface area contributed by atoms with Crippen LogP contribution in [0.1, 0.15) is 36.4 Å². The van der Waals surface area contributed by atoms with Gasteiger partial charge in [0, 0.05) is 0 Å². The maximum absolute atomic E-state index is 11.2. The molecule has 0 saturated heterocycles. The Kier molecular flexibility index (Phi) is 5.05. The van der Waals surface area contributed by atoms with E-state index in [2.05, 4.69) is 23.9 Å². The fourth-order valence-corrected chi connectivity index (χ4v) is 1.28. The van der Waals surface area contributed by atoms with Crippen LogP contribution in [0.4, 0.5) is 0 Å². The second kappa shape index (κ2) is 6.33. The lowest BCUT2D eigenvalue weighted by Gasteiger charge is -2.08. The summed E-state index contributed by atoms with van der Waals surface area (Å²) >= 11 is 0. The maximum atomic E-state index is 11.2. The van der Waals surface area contributed by atoms with E-state index in [1.807, 2.05) is 0 Å². The number of carbonyl (C=O) groups excluding carboxylic acids is 1. The second-order valence-corrected chi connectivity index (χ2v) is 3.94. The van der Waals surface area contributed by atoms with Gasteiger partial charge in [-0.2, -0.15) is 0 Å². The van der Waals surface area contributed by atoms with Crippen LogP contribution >= 0.6 is 0 Å². The Morgan fingerprint density at radius 3 is 3.00 bits per heavy atom. The SMILES string of the molecule is CCC(C)CNCc1cc(C(=O)OC)co1. The molecule has 0 aromatic carbocycles. The van der Waals surface area contributed by atoms with Crippen molar-refractivity contribution in [3.05, 3.63) is 23.7 Å². The van der Waals surface area contributed by atoms with Gasteiger partial charge in [0.15, 0.2) is 0 Å². The van der Waals surface area contributed by atoms with Crippen LogP contribution in [-0.4, -0.2) is 19.6 Å². The third-order valence-electron chi connectivity index (χ3n) is 2.56. The highest BCUT2D eigenvalue weighted by Gasteiger charge is 2.09. The van der Waals surface area contributed by atoms with Crippen LogP contribution < -0.4 is 5.32 Å². The normalized spacial score (nSPS) is 12.4. The molecule has 0 aliphatic heterocycles. The summed E-state index contributed by atoms with van der Waals surface area (Å²) in [6, 6.07) is 1.70. The molecule has 1 unspecified atom stereocenters. The number of carbonyl (C=O) groups is 1. The van der Waals surface area contributed by atoms with Crippen molar-refractivity contribution in [1.82, 2.24) is 5.32 Å². The Bertz CT molecular complexity index is 333. The van der Waals surface area contributed by atoms with Gasteiger partial charge in [-0.25, -0.2) is 4.79 Å². The van der Waals surface area contributed by atoms with Crippen LogP contribution in [0, 0.1) is 5.92 Å². The monoisotopic (exact) mass is 225 g/mol. The van der Waals surface area contributed by atoms with Crippen LogP contribution in [-0.2, 0) is 11.3 Å². The summed E-state index contributed by atoms with van der Waals surface area (Å²) in [6.07, 6.45) is 2.57. The van der Waals surface area contributed by atoms with E-state index >= 15 is 0 Å². The highest BCUT2D eigenvalue weighted by Crippen LogP contribution is 2.09. The van der Waals surface area contributed by atoms with E-state index in [-0.39, 0.29) is 5.97 Å². The number of esters is 1. The van der Waals surface area contributed by atoms with Crippen LogP contribution in [0.3, 0.4) is 0 Å². The maximum Gasteiger partial charge on any atom is 0.341 e. The van der Waals surface area contributed by atoms with E-state index < -0.39 is 0 Å². The minimum absolute atomic E-state index is 0.364. The van der Waals surface area contributed by atoms with E-state index in [9.17, 15) is 4.79 Å². The van der Waals surface area contributed by atoms with Crippen LogP contribution in [0.5, 0.6) is 0 Å². The highest BCUT2D eigenvalue weighted by atomic mass is 16.5. The van der Waals surface area contributed by atoms with Crippen LogP contribution in [0.15, 0.2) is 16.7 Å². The summed E-state index contributed by atoms with van der Waals surface area (Å²) in [6.45, 7) is 5.94. The quantitative estimate of drug-likeness (QED) is 0.754. The fourth-order valence-electron chi connectivity index (χ4n) is 1.28. The molecule has 1 heterocycles. The van der Waals surface area contributed by atoms with Crippen molar-refractivity contribution in [2.24, 2.45) is 5.92 Å². The van der Waals surface area contributed by atoms with Gasteiger partial charge >= 0.3 is 5.97 Å². The molecular weight excluding hydrogens is 206 g/mol. The molecule has 0 saturated carbocycles. The van der Waals surface area contributed by atoms with Crippen molar-refractivity contribution in [2.45, 2.75) is 26.8 Å². The number of hydrogen-bond donors (Lipinski definition) is 1. The zero-order valence-electron chi connectivity index (χ0n) is 10.1. The summed E-state index contributed by atoms with van der Waals surface area (Å²) in [7, 11) is 1.36. The third kappa shape index (κ3) is 3.70. The van der Waals surface area contributed by atoms with Gasteiger partial charge in [-0.3, -0.25) is 0 Å². The average Bonchev–Trinajstić information content (AvgIpc) is 2.76. The predicted molar refractivity (Wildman–Crippen MR) is 61.2 cm³/mol. The second-order valence-electron chi connectivity index (χ2n) is 3.94. The summed E-state index contributed by atoms with van der Waals surface area (Å²) in [5, 5.41) is 3.28. The number of rotatable bonds is 6. The van der Waals surface area contributed by atoms with Gasteiger partial charge in [0.25, 0.3) is 0 Å². The molecule has 1 atom stereocenters. The summed E-state index contributed by atoms with van der Waals surface area (Å²) in [5.41, 5.74) is 0.461. The third-order valence-corrected chi connectivity index (χ3v) is 2.56. The van der Waals surface area contributed by atoms with Crippen molar-refractivity contribution in [2.75, 3.05) is 13.7 Å². The number of nitrogens with one attached hydrogen (secondary N) is 1. The smallest absolute Gasteiger partial charge is 0.341 e. The van der Waals surface area contributed by atoms with Gasteiger partial charge in [0.2, 0.25) is 0 Å². The van der Waals surface area contributed by atoms with Gasteiger partial charge < -0.3 is 14.5 Å². The van der Waals surface area contributed by atoms with E-state index in [1.54, 1.807) is 6.07 Å². The number of hydrogen-bond acceptors (Lipinski definition) is 4. The molecule has 1 aromatic heterocycles. The molecule has 4 heteroatoms. The van der Waals surface area contributed by atoms with E-state index in [0.29, 0.717) is 18.0 Å². The molecular formula is C12H19NO3. The first kappa shape index (κ1) is 12.8. The lowest BCUT2D eigenvalue weighted by molar-refractivity contribution is 0.0600. The van der Waals surface area contributed by atoms with E-state index in [1.165, 1.54) is 13.4 Å². The Hall–Kier alpha value is -1.29. The lowest BCUT2D eigenvalue weighted by Crippen LogP contribution is -2.19. The van der Waals surface area contributed by atoms with E-state index in [0.717, 1.165) is 18.7 Å². The minimum atomic E-state index is -0.364. The molecule has 0 radical (unpaired) electrons. The molecule has 1 aromatic rings. The lowest BCUT2D eigenvalue weighted by atomic mass is 10.1. The number of furan rings is 1. The minimum Gasteiger partial charge on any atom is -0.467 e. The summed E-state index contributed by atoms with van der Waals surface area (Å²) in [5.74, 6) is 1.04. The van der Waals surface area contributed by atoms with Crippen LogP contribution in [0.2, 0.25) is 0 Å². The standard InChI is InChI=1S/C12H19NO3/c1-4-9(2)6-13-7-11-5-10(8-16-11)12(14)15-3/h5,8-9,13H,4,6-7H2,1-3H3. The largest absolute Gasteiger partial charge is 0.467 e. The zero-order valence-corrected chi connectivity index (χ0v) is 10.1. The zero-order chi connectivity index (χ0) is 12.0. The van der Waals surface area contributed by atoms with Gasteiger partial charge in [-0.1, -0.05) is 20.3 Å². The molecule has 0 amide bonds. The number of methoxy groups -OCH3 is 1. The fraction of sp³-hybridized carbons (Fsp3) is 0.583. The molecule has 0 aliphatic rings. The van der Waals surface area contributed by atoms with Crippen molar-refractivity contribution < 1.29 is 13.9 Å². The first-order valence-corrected chi connectivity index (χ1v) is 5.53. The Labute approximate surface area is 96.0 Å². The number of ether oxygens (including phenoxy) is 1. The van der Waals surface area contributed by atoms with Crippen molar-refractivity contribution >= 4 is 5.97 Å². The van der Waals surface area contributed by atoms with Crippen LogP contribution in [0.25, 0.3) is 0 Å². The highest BCUT2D eigenvalue weighted by molar-refractivity contribution is 5.88. The Morgan fingerprint density at radius 1 is 1.62 bits per heavy atom. The van der Waals surface area contributed by atoms with Crippen molar-refractivity contribution in [3.8, 4) is 0 Å². The topological polar surface area (TPSA) is 51.5 Å². The molecule has 90 valence electrons. The Morgan fingerprint density at radius 2 is 2.38 bits per heavy atom. The van der Waals surface area contributed by atoms with Gasteiger partial charge in [-0.05, 0) is 18.5 Å². The molecule has 0 fully saturated rings. The first-order chi connectivity index (χ1) is 7.67. The molecule has 0 bridgehead atoms. The molecule has 0 spiro atoms. The molecule has 4 nitrogen and oxygen atoms in total. The van der Waals surface area contributed by atoms with Crippen molar-refractivity contribution in [1.29, 1.82) is 0 Å². The van der Waals surface area contributed by atoms with Gasteiger partial charge in [0.1, 0.15) is 12.0 Å². The molecule has 0 aliphatic carbocycles. The molecule has 1 N–H and O–H groups in total. The van der Waals surface area contributed by atoms with E-state index in [4.69, 9.17) is 4.42 Å². The predicted octanol–water partition coefficient (Wildman–Crippen LogP) is 2.20. The summed E-state index contributed by atoms with van der Waals surface area (Å²) < 4.78 is 9.83. The molecule has 1 rings (SSSR count). The molecule has 16 heavy (non-hydrogen) atoms. The van der Waals surface area contributed by atoms with Gasteiger partial charge in [0.05, 0.1) is 19.2 Å². The summed E-state index contributed by atoms with van der Waals surface area (Å²) in [4.78, 5) is 11.2. The van der Waals surface area contributed by atoms with Crippen molar-refractivity contribution in [3.63, 3.8) is 0 Å². The van der Waals surface area contributed by atoms with Gasteiger partial charge in [-0.15, -0.1) is 0 Å². The average molecular weight is 225 g/mol.